The Kier molecular flexibility index (Phi) is 6.02. The molecule has 0 radical (unpaired) electrons. The monoisotopic (exact) mass is 464 g/mol. The average Bonchev–Trinajstić information content (AvgIpc) is 3.38. The topological polar surface area (TPSA) is 111 Å². The standard InChI is InChI=1S/C25H24N2O7/c1-13-10-15(6-8-18(13)32-4)23(28)21-22(17-12-16(31-3)7-9-19(17)33-5)27(25(30)24(21)29)20-11-14(2)34-26-20/h6-12,22,28H,1-5H3/t22-/m0/s1. The van der Waals surface area contributed by atoms with Crippen molar-refractivity contribution in [2.75, 3.05) is 26.2 Å². The second kappa shape index (κ2) is 8.93. The van der Waals surface area contributed by atoms with Crippen molar-refractivity contribution in [2.45, 2.75) is 19.9 Å². The Morgan fingerprint density at radius 2 is 1.68 bits per heavy atom. The lowest BCUT2D eigenvalue weighted by Crippen LogP contribution is -2.30. The molecule has 0 saturated carbocycles. The molecule has 0 spiro atoms. The molecule has 1 saturated heterocycles. The van der Waals surface area contributed by atoms with Gasteiger partial charge < -0.3 is 23.8 Å². The first-order chi connectivity index (χ1) is 16.3. The number of carbonyl (C=O) groups excluding carboxylic acids is 2. The molecule has 0 bridgehead atoms. The Morgan fingerprint density at radius 1 is 0.971 bits per heavy atom. The second-order valence-corrected chi connectivity index (χ2v) is 7.76. The van der Waals surface area contributed by atoms with Gasteiger partial charge >= 0.3 is 5.91 Å². The van der Waals surface area contributed by atoms with E-state index in [9.17, 15) is 14.7 Å². The van der Waals surface area contributed by atoms with E-state index in [1.807, 2.05) is 6.92 Å². The molecule has 1 N–H and O–H groups in total. The predicted octanol–water partition coefficient (Wildman–Crippen LogP) is 3.94. The van der Waals surface area contributed by atoms with Crippen LogP contribution in [0, 0.1) is 13.8 Å². The minimum atomic E-state index is -1.04. The summed E-state index contributed by atoms with van der Waals surface area (Å²) in [7, 11) is 4.52. The van der Waals surface area contributed by atoms with Crippen LogP contribution in [-0.2, 0) is 9.59 Å². The van der Waals surface area contributed by atoms with Gasteiger partial charge in [0, 0.05) is 17.2 Å². The number of aliphatic hydroxyl groups excluding tert-OH is 1. The number of aryl methyl sites for hydroxylation is 2. The minimum Gasteiger partial charge on any atom is -0.507 e. The predicted molar refractivity (Wildman–Crippen MR) is 123 cm³/mol. The lowest BCUT2D eigenvalue weighted by molar-refractivity contribution is -0.132. The Balaban J connectivity index is 2.00. The summed E-state index contributed by atoms with van der Waals surface area (Å²) < 4.78 is 21.3. The van der Waals surface area contributed by atoms with Crippen LogP contribution in [0.1, 0.15) is 28.5 Å². The summed E-state index contributed by atoms with van der Waals surface area (Å²) in [4.78, 5) is 27.7. The van der Waals surface area contributed by atoms with Crippen LogP contribution >= 0.6 is 0 Å². The summed E-state index contributed by atoms with van der Waals surface area (Å²) >= 11 is 0. The van der Waals surface area contributed by atoms with Crippen LogP contribution in [0.3, 0.4) is 0 Å². The molecule has 9 heteroatoms. The number of anilines is 1. The van der Waals surface area contributed by atoms with Gasteiger partial charge in [-0.3, -0.25) is 14.5 Å². The van der Waals surface area contributed by atoms with Gasteiger partial charge in [-0.05, 0) is 55.8 Å². The molecule has 176 valence electrons. The SMILES string of the molecule is COc1ccc(OC)c([C@H]2C(=C(O)c3ccc(OC)c(C)c3)C(=O)C(=O)N2c2cc(C)on2)c1. The number of benzene rings is 2. The number of carbonyl (C=O) groups is 2. The van der Waals surface area contributed by atoms with Crippen LogP contribution in [0.4, 0.5) is 5.82 Å². The fraction of sp³-hybridized carbons (Fsp3) is 0.240. The number of aromatic nitrogens is 1. The number of amides is 1. The van der Waals surface area contributed by atoms with Crippen LogP contribution in [0.5, 0.6) is 17.2 Å². The number of rotatable bonds is 6. The summed E-state index contributed by atoms with van der Waals surface area (Å²) in [6.45, 7) is 3.49. The molecule has 2 aromatic carbocycles. The number of hydrogen-bond acceptors (Lipinski definition) is 8. The van der Waals surface area contributed by atoms with E-state index in [-0.39, 0.29) is 17.2 Å². The van der Waals surface area contributed by atoms with Gasteiger partial charge in [0.15, 0.2) is 5.82 Å². The average molecular weight is 464 g/mol. The Labute approximate surface area is 196 Å². The number of ether oxygens (including phenoxy) is 3. The van der Waals surface area contributed by atoms with Crippen molar-refractivity contribution in [3.8, 4) is 17.2 Å². The van der Waals surface area contributed by atoms with Crippen molar-refractivity contribution in [3.05, 3.63) is 70.5 Å². The van der Waals surface area contributed by atoms with Crippen molar-refractivity contribution in [3.63, 3.8) is 0 Å². The lowest BCUT2D eigenvalue weighted by Gasteiger charge is -2.25. The van der Waals surface area contributed by atoms with E-state index in [2.05, 4.69) is 5.16 Å². The molecule has 4 rings (SSSR count). The van der Waals surface area contributed by atoms with Gasteiger partial charge in [0.1, 0.15) is 34.8 Å². The maximum absolute atomic E-state index is 13.3. The van der Waals surface area contributed by atoms with Crippen LogP contribution < -0.4 is 19.1 Å². The normalized spacial score (nSPS) is 17.2. The molecule has 0 unspecified atom stereocenters. The molecule has 3 aromatic rings. The number of ketones is 1. The lowest BCUT2D eigenvalue weighted by atomic mass is 9.94. The molecule has 1 atom stereocenters. The molecule has 1 aliphatic heterocycles. The van der Waals surface area contributed by atoms with E-state index in [0.717, 1.165) is 5.56 Å². The highest BCUT2D eigenvalue weighted by Crippen LogP contribution is 2.45. The van der Waals surface area contributed by atoms with E-state index in [0.29, 0.717) is 34.1 Å². The highest BCUT2D eigenvalue weighted by Gasteiger charge is 2.49. The van der Waals surface area contributed by atoms with E-state index in [1.165, 1.54) is 19.1 Å². The van der Waals surface area contributed by atoms with Crippen LogP contribution in [0.25, 0.3) is 5.76 Å². The Bertz CT molecular complexity index is 1310. The summed E-state index contributed by atoms with van der Waals surface area (Å²) in [5.41, 5.74) is 1.44. The highest BCUT2D eigenvalue weighted by atomic mass is 16.5. The second-order valence-electron chi connectivity index (χ2n) is 7.76. The van der Waals surface area contributed by atoms with Gasteiger partial charge in [0.25, 0.3) is 5.78 Å². The molecule has 9 nitrogen and oxygen atoms in total. The minimum absolute atomic E-state index is 0.109. The molecular formula is C25H24N2O7. The third-order valence-corrected chi connectivity index (χ3v) is 5.71. The third-order valence-electron chi connectivity index (χ3n) is 5.71. The first kappa shape index (κ1) is 22.9. The van der Waals surface area contributed by atoms with Gasteiger partial charge in [0.2, 0.25) is 0 Å². The molecule has 34 heavy (non-hydrogen) atoms. The fourth-order valence-corrected chi connectivity index (χ4v) is 4.06. The van der Waals surface area contributed by atoms with E-state index in [4.69, 9.17) is 18.7 Å². The number of hydrogen-bond donors (Lipinski definition) is 1. The van der Waals surface area contributed by atoms with Crippen LogP contribution in [0.2, 0.25) is 0 Å². The molecule has 1 aliphatic rings. The smallest absolute Gasteiger partial charge is 0.301 e. The van der Waals surface area contributed by atoms with Crippen LogP contribution in [0.15, 0.2) is 52.6 Å². The van der Waals surface area contributed by atoms with Crippen molar-refractivity contribution < 1.29 is 33.4 Å². The number of Topliss-reactive ketones (excluding diaryl/α,β-unsaturated/α-hetero) is 1. The number of aliphatic hydroxyl groups is 1. The fourth-order valence-electron chi connectivity index (χ4n) is 4.06. The number of nitrogens with zero attached hydrogens (tertiary/aromatic N) is 2. The Morgan fingerprint density at radius 3 is 2.26 bits per heavy atom. The maximum atomic E-state index is 13.3. The summed E-state index contributed by atoms with van der Waals surface area (Å²) in [6.07, 6.45) is 0. The van der Waals surface area contributed by atoms with Crippen LogP contribution in [-0.4, -0.2) is 43.3 Å². The molecular weight excluding hydrogens is 440 g/mol. The van der Waals surface area contributed by atoms with Crippen molar-refractivity contribution >= 4 is 23.3 Å². The van der Waals surface area contributed by atoms with Crippen molar-refractivity contribution in [2.24, 2.45) is 0 Å². The zero-order valence-corrected chi connectivity index (χ0v) is 19.4. The Hall–Kier alpha value is -4.27. The quantitative estimate of drug-likeness (QED) is 0.332. The van der Waals surface area contributed by atoms with E-state index >= 15 is 0 Å². The van der Waals surface area contributed by atoms with E-state index in [1.54, 1.807) is 56.5 Å². The first-order valence-corrected chi connectivity index (χ1v) is 10.4. The molecule has 0 aliphatic carbocycles. The zero-order valence-electron chi connectivity index (χ0n) is 19.4. The summed E-state index contributed by atoms with van der Waals surface area (Å²) in [5.74, 6) is 0.0606. The third kappa shape index (κ3) is 3.75. The molecule has 1 amide bonds. The van der Waals surface area contributed by atoms with Gasteiger partial charge in [-0.2, -0.15) is 0 Å². The molecule has 2 heterocycles. The summed E-state index contributed by atoms with van der Waals surface area (Å²) in [6, 6.07) is 10.5. The van der Waals surface area contributed by atoms with Gasteiger partial charge in [-0.15, -0.1) is 0 Å². The van der Waals surface area contributed by atoms with Gasteiger partial charge in [-0.1, -0.05) is 5.16 Å². The highest BCUT2D eigenvalue weighted by molar-refractivity contribution is 6.51. The largest absolute Gasteiger partial charge is 0.507 e. The number of methoxy groups -OCH3 is 3. The summed E-state index contributed by atoms with van der Waals surface area (Å²) in [5, 5.41) is 15.3. The van der Waals surface area contributed by atoms with E-state index < -0.39 is 17.7 Å². The zero-order chi connectivity index (χ0) is 24.6. The van der Waals surface area contributed by atoms with Gasteiger partial charge in [0.05, 0.1) is 26.9 Å². The maximum Gasteiger partial charge on any atom is 0.301 e. The molecule has 1 fully saturated rings. The first-order valence-electron chi connectivity index (χ1n) is 10.4. The van der Waals surface area contributed by atoms with Gasteiger partial charge in [-0.25, -0.2) is 0 Å². The van der Waals surface area contributed by atoms with Crippen molar-refractivity contribution in [1.29, 1.82) is 0 Å². The van der Waals surface area contributed by atoms with Crippen molar-refractivity contribution in [1.82, 2.24) is 5.16 Å². The molecule has 1 aromatic heterocycles.